The lowest BCUT2D eigenvalue weighted by atomic mass is 9.99. The fourth-order valence-electron chi connectivity index (χ4n) is 2.11. The van der Waals surface area contributed by atoms with E-state index in [0.717, 1.165) is 0 Å². The van der Waals surface area contributed by atoms with E-state index < -0.39 is 32.6 Å². The van der Waals surface area contributed by atoms with E-state index in [0.29, 0.717) is 9.87 Å². The molecule has 2 rings (SSSR count). The van der Waals surface area contributed by atoms with Crippen LogP contribution in [0.15, 0.2) is 30.3 Å². The summed E-state index contributed by atoms with van der Waals surface area (Å²) in [6, 6.07) is 8.27. The van der Waals surface area contributed by atoms with Crippen LogP contribution in [0.5, 0.6) is 0 Å². The van der Waals surface area contributed by atoms with Crippen molar-refractivity contribution in [3.63, 3.8) is 0 Å². The molecule has 0 aromatic heterocycles. The third kappa shape index (κ3) is 1.98. The van der Waals surface area contributed by atoms with E-state index in [1.54, 1.807) is 30.3 Å². The predicted octanol–water partition coefficient (Wildman–Crippen LogP) is 0.805. The summed E-state index contributed by atoms with van der Waals surface area (Å²) >= 11 is 0. The lowest BCUT2D eigenvalue weighted by Crippen LogP contribution is -2.68. The van der Waals surface area contributed by atoms with Gasteiger partial charge in [0.2, 0.25) is 0 Å². The number of nitrogens with zero attached hydrogens (tertiary/aromatic N) is 1. The van der Waals surface area contributed by atoms with Crippen LogP contribution in [-0.2, 0) is 19.6 Å². The molecule has 1 saturated heterocycles. The van der Waals surface area contributed by atoms with Crippen molar-refractivity contribution in [3.05, 3.63) is 35.9 Å². The Hall–Kier alpha value is -1.89. The van der Waals surface area contributed by atoms with E-state index in [1.807, 2.05) is 0 Å². The minimum atomic E-state index is -3.77. The molecule has 1 atom stereocenters. The molecule has 1 heterocycles. The Morgan fingerprint density at radius 2 is 1.85 bits per heavy atom. The van der Waals surface area contributed by atoms with Gasteiger partial charge in [-0.15, -0.1) is 0 Å². The maximum atomic E-state index is 12.0. The number of rotatable bonds is 4. The number of carbonyl (C=O) groups excluding carboxylic acids is 1. The first-order chi connectivity index (χ1) is 9.19. The molecule has 1 unspecified atom stereocenters. The minimum absolute atomic E-state index is 0.371. The summed E-state index contributed by atoms with van der Waals surface area (Å²) in [6.07, 6.45) is 0. The minimum Gasteiger partial charge on any atom is -0.481 e. The highest BCUT2D eigenvalue weighted by atomic mass is 32.2. The molecular formula is C13H15NO5S. The monoisotopic (exact) mass is 297 g/mol. The number of benzene rings is 1. The molecule has 20 heavy (non-hydrogen) atoms. The summed E-state index contributed by atoms with van der Waals surface area (Å²) in [5.41, 5.74) is 0.465. The van der Waals surface area contributed by atoms with Crippen molar-refractivity contribution < 1.29 is 23.1 Å². The van der Waals surface area contributed by atoms with Crippen molar-refractivity contribution in [2.75, 3.05) is 6.54 Å². The summed E-state index contributed by atoms with van der Waals surface area (Å²) in [5, 5.41) is 9.25. The molecule has 1 aliphatic rings. The first-order valence-corrected chi connectivity index (χ1v) is 7.48. The molecule has 0 bridgehead atoms. The lowest BCUT2D eigenvalue weighted by molar-refractivity contribution is -0.140. The van der Waals surface area contributed by atoms with Crippen molar-refractivity contribution in [3.8, 4) is 0 Å². The zero-order valence-corrected chi connectivity index (χ0v) is 11.9. The number of carboxylic acid groups (broad SMARTS) is 1. The van der Waals surface area contributed by atoms with Crippen LogP contribution in [0.3, 0.4) is 0 Å². The van der Waals surface area contributed by atoms with Crippen molar-refractivity contribution in [2.45, 2.75) is 24.5 Å². The summed E-state index contributed by atoms with van der Waals surface area (Å²) < 4.78 is 23.2. The second-order valence-electron chi connectivity index (χ2n) is 5.15. The zero-order valence-electron chi connectivity index (χ0n) is 11.1. The van der Waals surface area contributed by atoms with E-state index in [1.165, 1.54) is 13.8 Å². The topological polar surface area (TPSA) is 91.8 Å². The first-order valence-electron chi connectivity index (χ1n) is 6.04. The van der Waals surface area contributed by atoms with Crippen LogP contribution in [0.4, 0.5) is 0 Å². The first kappa shape index (κ1) is 14.5. The number of carboxylic acids is 1. The molecule has 0 saturated carbocycles. The second-order valence-corrected chi connectivity index (χ2v) is 7.56. The molecule has 0 aliphatic carbocycles. The van der Waals surface area contributed by atoms with Crippen LogP contribution in [0, 0.1) is 0 Å². The smallest absolute Gasteiger partial charge is 0.312 e. The van der Waals surface area contributed by atoms with E-state index >= 15 is 0 Å². The van der Waals surface area contributed by atoms with Crippen molar-refractivity contribution in [1.82, 2.24) is 4.31 Å². The number of hydrogen-bond acceptors (Lipinski definition) is 4. The molecule has 1 amide bonds. The average Bonchev–Trinajstić information content (AvgIpc) is 2.39. The van der Waals surface area contributed by atoms with Crippen molar-refractivity contribution >= 4 is 21.9 Å². The average molecular weight is 297 g/mol. The summed E-state index contributed by atoms with van der Waals surface area (Å²) in [7, 11) is -3.77. The molecule has 108 valence electrons. The van der Waals surface area contributed by atoms with Gasteiger partial charge < -0.3 is 5.11 Å². The highest BCUT2D eigenvalue weighted by Gasteiger charge is 2.60. The summed E-state index contributed by atoms with van der Waals surface area (Å²) in [4.78, 5) is 23.2. The molecule has 1 aromatic carbocycles. The van der Waals surface area contributed by atoms with Crippen LogP contribution < -0.4 is 0 Å². The fourth-order valence-corrected chi connectivity index (χ4v) is 3.66. The van der Waals surface area contributed by atoms with Gasteiger partial charge in [-0.2, -0.15) is 0 Å². The maximum absolute atomic E-state index is 12.0. The molecule has 1 aromatic rings. The molecule has 0 radical (unpaired) electrons. The van der Waals surface area contributed by atoms with Gasteiger partial charge in [-0.05, 0) is 19.4 Å². The Balaban J connectivity index is 2.29. The standard InChI is InChI=1S/C13H15NO5S/c1-13(2)12(17)14(20(13,18)19)8-10(11(15)16)9-6-4-3-5-7-9/h3-7,10H,8H2,1-2H3,(H,15,16). The molecule has 1 fully saturated rings. The SMILES string of the molecule is CC1(C)C(=O)N(CC(C(=O)O)c2ccccc2)S1(=O)=O. The predicted molar refractivity (Wildman–Crippen MR) is 71.5 cm³/mol. The van der Waals surface area contributed by atoms with Gasteiger partial charge in [-0.1, -0.05) is 30.3 Å². The van der Waals surface area contributed by atoms with Gasteiger partial charge in [0, 0.05) is 0 Å². The van der Waals surface area contributed by atoms with Crippen LogP contribution in [0.25, 0.3) is 0 Å². The molecule has 1 aliphatic heterocycles. The Bertz CT molecular complexity index is 651. The zero-order chi connectivity index (χ0) is 15.1. The van der Waals surface area contributed by atoms with Gasteiger partial charge in [-0.25, -0.2) is 12.7 Å². The van der Waals surface area contributed by atoms with E-state index in [-0.39, 0.29) is 6.54 Å². The van der Waals surface area contributed by atoms with Crippen molar-refractivity contribution in [2.24, 2.45) is 0 Å². The van der Waals surface area contributed by atoms with Gasteiger partial charge in [-0.3, -0.25) is 9.59 Å². The van der Waals surface area contributed by atoms with Crippen LogP contribution in [-0.4, -0.2) is 41.0 Å². The quantitative estimate of drug-likeness (QED) is 0.887. The fraction of sp³-hybridized carbons (Fsp3) is 0.385. The molecule has 6 nitrogen and oxygen atoms in total. The van der Waals surface area contributed by atoms with E-state index in [4.69, 9.17) is 0 Å². The Kier molecular flexibility index (Phi) is 3.33. The van der Waals surface area contributed by atoms with E-state index in [2.05, 4.69) is 0 Å². The highest BCUT2D eigenvalue weighted by molar-refractivity contribution is 7.94. The van der Waals surface area contributed by atoms with Crippen LogP contribution >= 0.6 is 0 Å². The number of carbonyl (C=O) groups is 2. The molecule has 1 N–H and O–H groups in total. The summed E-state index contributed by atoms with van der Waals surface area (Å²) in [5.74, 6) is -2.80. The maximum Gasteiger partial charge on any atom is 0.312 e. The third-order valence-corrected chi connectivity index (χ3v) is 5.88. The second kappa shape index (κ2) is 4.59. The number of hydrogen-bond donors (Lipinski definition) is 1. The molecular weight excluding hydrogens is 282 g/mol. The third-order valence-electron chi connectivity index (χ3n) is 3.53. The van der Waals surface area contributed by atoms with Gasteiger partial charge in [0.25, 0.3) is 15.9 Å². The van der Waals surface area contributed by atoms with Gasteiger partial charge in [0.15, 0.2) is 4.75 Å². The summed E-state index contributed by atoms with van der Waals surface area (Å²) in [6.45, 7) is 2.27. The Labute approximate surface area is 117 Å². The van der Waals surface area contributed by atoms with Gasteiger partial charge in [0.05, 0.1) is 6.54 Å². The Morgan fingerprint density at radius 3 is 2.30 bits per heavy atom. The highest BCUT2D eigenvalue weighted by Crippen LogP contribution is 2.36. The van der Waals surface area contributed by atoms with E-state index in [9.17, 15) is 23.1 Å². The largest absolute Gasteiger partial charge is 0.481 e. The molecule has 7 heteroatoms. The van der Waals surface area contributed by atoms with Crippen molar-refractivity contribution in [1.29, 1.82) is 0 Å². The number of aliphatic carboxylic acids is 1. The normalized spacial score (nSPS) is 21.1. The Morgan fingerprint density at radius 1 is 1.30 bits per heavy atom. The van der Waals surface area contributed by atoms with Gasteiger partial charge in [0.1, 0.15) is 5.92 Å². The van der Waals surface area contributed by atoms with Crippen LogP contribution in [0.1, 0.15) is 25.3 Å². The lowest BCUT2D eigenvalue weighted by Gasteiger charge is -2.43. The van der Waals surface area contributed by atoms with Gasteiger partial charge >= 0.3 is 5.97 Å². The molecule has 0 spiro atoms. The number of sulfonamides is 1. The number of amides is 1. The van der Waals surface area contributed by atoms with Crippen LogP contribution in [0.2, 0.25) is 0 Å².